The van der Waals surface area contributed by atoms with Gasteiger partial charge in [0.15, 0.2) is 0 Å². The number of halogens is 3. The highest BCUT2D eigenvalue weighted by Gasteiger charge is 2.30. The largest absolute Gasteiger partial charge is 0.478 e. The Balaban J connectivity index is 2.29. The van der Waals surface area contributed by atoms with E-state index in [9.17, 15) is 18.0 Å². The number of aromatic nitrogens is 1. The van der Waals surface area contributed by atoms with Crippen molar-refractivity contribution in [2.45, 2.75) is 6.18 Å². The van der Waals surface area contributed by atoms with Crippen LogP contribution in [0.15, 0.2) is 48.7 Å². The molecule has 6 heteroatoms. The number of alkyl halides is 3. The van der Waals surface area contributed by atoms with Gasteiger partial charge in [-0.2, -0.15) is 13.2 Å². The summed E-state index contributed by atoms with van der Waals surface area (Å²) in [6, 6.07) is 7.99. The second-order valence-electron chi connectivity index (χ2n) is 4.23. The quantitative estimate of drug-likeness (QED) is 0.874. The molecule has 1 aromatic heterocycles. The van der Waals surface area contributed by atoms with Gasteiger partial charge in [-0.25, -0.2) is 4.79 Å². The second kappa shape index (κ2) is 5.78. The molecule has 1 heterocycles. The molecule has 0 bridgehead atoms. The monoisotopic (exact) mass is 293 g/mol. The summed E-state index contributed by atoms with van der Waals surface area (Å²) in [5, 5.41) is 8.50. The van der Waals surface area contributed by atoms with Gasteiger partial charge in [-0.1, -0.05) is 18.2 Å². The van der Waals surface area contributed by atoms with Crippen LogP contribution in [0.2, 0.25) is 0 Å². The van der Waals surface area contributed by atoms with Gasteiger partial charge in [0.1, 0.15) is 0 Å². The first-order valence-corrected chi connectivity index (χ1v) is 5.91. The fourth-order valence-electron chi connectivity index (χ4n) is 1.70. The van der Waals surface area contributed by atoms with Gasteiger partial charge < -0.3 is 5.11 Å². The van der Waals surface area contributed by atoms with E-state index in [1.165, 1.54) is 30.5 Å². The maximum absolute atomic E-state index is 12.6. The van der Waals surface area contributed by atoms with Crippen molar-refractivity contribution in [1.29, 1.82) is 0 Å². The van der Waals surface area contributed by atoms with Crippen molar-refractivity contribution in [3.05, 3.63) is 59.8 Å². The molecule has 108 valence electrons. The predicted octanol–water partition coefficient (Wildman–Crippen LogP) is 3.87. The Kier molecular flexibility index (Phi) is 4.07. The molecular weight excluding hydrogens is 283 g/mol. The van der Waals surface area contributed by atoms with Gasteiger partial charge >= 0.3 is 12.1 Å². The van der Waals surface area contributed by atoms with Gasteiger partial charge in [-0.3, -0.25) is 4.98 Å². The lowest BCUT2D eigenvalue weighted by atomic mass is 10.1. The standard InChI is InChI=1S/C15H10F3NO2/c16-15(17,18)12-3-1-2-11(8-12)13-6-4-10(9-19-13)5-7-14(20)21/h1-9H,(H,20,21)/b7-5+. The highest BCUT2D eigenvalue weighted by atomic mass is 19.4. The topological polar surface area (TPSA) is 50.2 Å². The Morgan fingerprint density at radius 1 is 1.19 bits per heavy atom. The van der Waals surface area contributed by atoms with E-state index in [0.717, 1.165) is 18.2 Å². The van der Waals surface area contributed by atoms with Crippen LogP contribution in [0, 0.1) is 0 Å². The van der Waals surface area contributed by atoms with E-state index < -0.39 is 17.7 Å². The van der Waals surface area contributed by atoms with Gasteiger partial charge in [0, 0.05) is 17.8 Å². The van der Waals surface area contributed by atoms with Crippen LogP contribution in [-0.4, -0.2) is 16.1 Å². The number of carboxylic acid groups (broad SMARTS) is 1. The molecular formula is C15H10F3NO2. The lowest BCUT2D eigenvalue weighted by Gasteiger charge is -2.08. The Bertz CT molecular complexity index is 676. The van der Waals surface area contributed by atoms with Crippen molar-refractivity contribution in [2.75, 3.05) is 0 Å². The molecule has 2 rings (SSSR count). The molecule has 0 amide bonds. The molecule has 0 radical (unpaired) electrons. The predicted molar refractivity (Wildman–Crippen MR) is 71.3 cm³/mol. The first kappa shape index (κ1) is 14.8. The number of benzene rings is 1. The van der Waals surface area contributed by atoms with Crippen molar-refractivity contribution in [1.82, 2.24) is 4.98 Å². The van der Waals surface area contributed by atoms with Gasteiger partial charge in [0.2, 0.25) is 0 Å². The van der Waals surface area contributed by atoms with Crippen molar-refractivity contribution in [3.63, 3.8) is 0 Å². The molecule has 21 heavy (non-hydrogen) atoms. The number of pyridine rings is 1. The van der Waals surface area contributed by atoms with E-state index >= 15 is 0 Å². The van der Waals surface area contributed by atoms with E-state index in [2.05, 4.69) is 4.98 Å². The molecule has 0 aliphatic rings. The van der Waals surface area contributed by atoms with Crippen LogP contribution in [0.25, 0.3) is 17.3 Å². The van der Waals surface area contributed by atoms with E-state index in [1.54, 1.807) is 6.07 Å². The maximum Gasteiger partial charge on any atom is 0.416 e. The summed E-state index contributed by atoms with van der Waals surface area (Å²) in [5.74, 6) is -1.09. The third-order valence-electron chi connectivity index (χ3n) is 2.69. The highest BCUT2D eigenvalue weighted by Crippen LogP contribution is 2.31. The third kappa shape index (κ3) is 3.92. The number of rotatable bonds is 3. The van der Waals surface area contributed by atoms with Crippen LogP contribution in [0.3, 0.4) is 0 Å². The van der Waals surface area contributed by atoms with Crippen LogP contribution in [0.4, 0.5) is 13.2 Å². The Morgan fingerprint density at radius 2 is 1.95 bits per heavy atom. The smallest absolute Gasteiger partial charge is 0.416 e. The zero-order chi connectivity index (χ0) is 15.5. The zero-order valence-electron chi connectivity index (χ0n) is 10.6. The Labute approximate surface area is 118 Å². The number of aliphatic carboxylic acids is 1. The minimum atomic E-state index is -4.40. The van der Waals surface area contributed by atoms with Crippen LogP contribution in [-0.2, 0) is 11.0 Å². The molecule has 1 N–H and O–H groups in total. The third-order valence-corrected chi connectivity index (χ3v) is 2.69. The molecule has 0 saturated carbocycles. The van der Waals surface area contributed by atoms with Gasteiger partial charge in [-0.15, -0.1) is 0 Å². The molecule has 0 aliphatic heterocycles. The summed E-state index contributed by atoms with van der Waals surface area (Å²) in [6.45, 7) is 0. The van der Waals surface area contributed by atoms with Crippen molar-refractivity contribution < 1.29 is 23.1 Å². The fraction of sp³-hybridized carbons (Fsp3) is 0.0667. The molecule has 3 nitrogen and oxygen atoms in total. The van der Waals surface area contributed by atoms with Crippen LogP contribution in [0.1, 0.15) is 11.1 Å². The van der Waals surface area contributed by atoms with Crippen LogP contribution >= 0.6 is 0 Å². The Hall–Kier alpha value is -2.63. The Morgan fingerprint density at radius 3 is 2.52 bits per heavy atom. The van der Waals surface area contributed by atoms with Gasteiger partial charge in [0.25, 0.3) is 0 Å². The lowest BCUT2D eigenvalue weighted by Crippen LogP contribution is -2.04. The van der Waals surface area contributed by atoms with E-state index in [1.807, 2.05) is 0 Å². The minimum Gasteiger partial charge on any atom is -0.478 e. The minimum absolute atomic E-state index is 0.346. The average molecular weight is 293 g/mol. The summed E-state index contributed by atoms with van der Waals surface area (Å²) in [5.41, 5.74) is 0.539. The zero-order valence-corrected chi connectivity index (χ0v) is 10.6. The molecule has 0 fully saturated rings. The molecule has 0 unspecified atom stereocenters. The van der Waals surface area contributed by atoms with E-state index in [0.29, 0.717) is 16.8 Å². The van der Waals surface area contributed by atoms with Crippen molar-refractivity contribution >= 4 is 12.0 Å². The SMILES string of the molecule is O=C(O)/C=C/c1ccc(-c2cccc(C(F)(F)F)c2)nc1. The molecule has 1 aromatic carbocycles. The number of carboxylic acids is 1. The molecule has 0 aliphatic carbocycles. The summed E-state index contributed by atoms with van der Waals surface area (Å²) < 4.78 is 37.9. The molecule has 0 atom stereocenters. The second-order valence-corrected chi connectivity index (χ2v) is 4.23. The normalized spacial score (nSPS) is 11.8. The number of carbonyl (C=O) groups is 1. The fourth-order valence-corrected chi connectivity index (χ4v) is 1.70. The van der Waals surface area contributed by atoms with Gasteiger partial charge in [-0.05, 0) is 29.8 Å². The van der Waals surface area contributed by atoms with Crippen LogP contribution < -0.4 is 0 Å². The van der Waals surface area contributed by atoms with Crippen molar-refractivity contribution in [2.24, 2.45) is 0 Å². The average Bonchev–Trinajstić information content (AvgIpc) is 2.45. The molecule has 0 saturated heterocycles. The maximum atomic E-state index is 12.6. The van der Waals surface area contributed by atoms with E-state index in [4.69, 9.17) is 5.11 Å². The number of hydrogen-bond acceptors (Lipinski definition) is 2. The summed E-state index contributed by atoms with van der Waals surface area (Å²) >= 11 is 0. The first-order valence-electron chi connectivity index (χ1n) is 5.91. The number of hydrogen-bond donors (Lipinski definition) is 1. The van der Waals surface area contributed by atoms with E-state index in [-0.39, 0.29) is 0 Å². The molecule has 2 aromatic rings. The number of nitrogens with zero attached hydrogens (tertiary/aromatic N) is 1. The van der Waals surface area contributed by atoms with Gasteiger partial charge in [0.05, 0.1) is 11.3 Å². The first-order chi connectivity index (χ1) is 9.86. The molecule has 0 spiro atoms. The summed E-state index contributed by atoms with van der Waals surface area (Å²) in [7, 11) is 0. The van der Waals surface area contributed by atoms with Crippen molar-refractivity contribution in [3.8, 4) is 11.3 Å². The summed E-state index contributed by atoms with van der Waals surface area (Å²) in [4.78, 5) is 14.4. The lowest BCUT2D eigenvalue weighted by molar-refractivity contribution is -0.137. The van der Waals surface area contributed by atoms with Crippen LogP contribution in [0.5, 0.6) is 0 Å². The summed E-state index contributed by atoms with van der Waals surface area (Å²) in [6.07, 6.45) is -0.693. The highest BCUT2D eigenvalue weighted by molar-refractivity contribution is 5.85.